The normalized spacial score (nSPS) is 11.3. The lowest BCUT2D eigenvalue weighted by molar-refractivity contribution is 0.626. The molecule has 64 valence electrons. The Morgan fingerprint density at radius 3 is 2.31 bits per heavy atom. The van der Waals surface area contributed by atoms with Crippen LogP contribution in [0.1, 0.15) is 17.9 Å². The van der Waals surface area contributed by atoms with Crippen molar-refractivity contribution < 1.29 is 4.39 Å². The fraction of sp³-hybridized carbons (Fsp3) is 0.200. The van der Waals surface area contributed by atoms with Crippen molar-refractivity contribution in [1.29, 1.82) is 10.5 Å². The molecule has 0 fully saturated rings. The van der Waals surface area contributed by atoms with Crippen molar-refractivity contribution in [3.8, 4) is 12.1 Å². The summed E-state index contributed by atoms with van der Waals surface area (Å²) in [6.07, 6.45) is 0.141. The molecule has 0 radical (unpaired) electrons. The van der Waals surface area contributed by atoms with E-state index in [4.69, 9.17) is 10.5 Å². The lowest BCUT2D eigenvalue weighted by Gasteiger charge is -2.03. The van der Waals surface area contributed by atoms with Gasteiger partial charge in [0.1, 0.15) is 5.82 Å². The molecule has 0 spiro atoms. The van der Waals surface area contributed by atoms with Crippen LogP contribution in [0, 0.1) is 28.5 Å². The number of benzene rings is 1. The fourth-order valence-electron chi connectivity index (χ4n) is 1.02. The number of rotatable bonds is 2. The van der Waals surface area contributed by atoms with Gasteiger partial charge in [-0.05, 0) is 17.7 Å². The van der Waals surface area contributed by atoms with Gasteiger partial charge in [0, 0.05) is 0 Å². The third kappa shape index (κ3) is 2.28. The van der Waals surface area contributed by atoms with E-state index in [-0.39, 0.29) is 12.2 Å². The molecule has 1 aromatic carbocycles. The molecule has 0 saturated carbocycles. The minimum atomic E-state index is -0.453. The van der Waals surface area contributed by atoms with Crippen molar-refractivity contribution in [3.63, 3.8) is 0 Å². The van der Waals surface area contributed by atoms with Crippen LogP contribution in [0.4, 0.5) is 4.39 Å². The molecular weight excluding hydrogens is 167 g/mol. The first kappa shape index (κ1) is 9.22. The number of hydrogen-bond acceptors (Lipinski definition) is 2. The summed E-state index contributed by atoms with van der Waals surface area (Å²) in [5.41, 5.74) is 0.686. The van der Waals surface area contributed by atoms with Gasteiger partial charge in [0.25, 0.3) is 0 Å². The molecule has 0 aliphatic heterocycles. The lowest BCUT2D eigenvalue weighted by Crippen LogP contribution is -1.93. The van der Waals surface area contributed by atoms with Crippen molar-refractivity contribution in [3.05, 3.63) is 35.6 Å². The summed E-state index contributed by atoms with van der Waals surface area (Å²) in [4.78, 5) is 0. The predicted molar refractivity (Wildman–Crippen MR) is 45.0 cm³/mol. The molecule has 3 heteroatoms. The third-order valence-electron chi connectivity index (χ3n) is 1.72. The highest BCUT2D eigenvalue weighted by atomic mass is 19.1. The Morgan fingerprint density at radius 2 is 1.85 bits per heavy atom. The second-order valence-corrected chi connectivity index (χ2v) is 2.60. The van der Waals surface area contributed by atoms with E-state index in [1.165, 1.54) is 24.3 Å². The van der Waals surface area contributed by atoms with Gasteiger partial charge in [0.05, 0.1) is 24.5 Å². The van der Waals surface area contributed by atoms with E-state index in [0.29, 0.717) is 5.56 Å². The zero-order chi connectivity index (χ0) is 9.68. The quantitative estimate of drug-likeness (QED) is 0.690. The SMILES string of the molecule is N#CCC(C#N)c1ccc(F)cc1. The Hall–Kier alpha value is -1.87. The highest BCUT2D eigenvalue weighted by Crippen LogP contribution is 2.18. The second kappa shape index (κ2) is 4.23. The van der Waals surface area contributed by atoms with E-state index >= 15 is 0 Å². The van der Waals surface area contributed by atoms with Crippen LogP contribution < -0.4 is 0 Å². The minimum Gasteiger partial charge on any atom is -0.207 e. The van der Waals surface area contributed by atoms with Gasteiger partial charge < -0.3 is 0 Å². The summed E-state index contributed by atoms with van der Waals surface area (Å²) in [5.74, 6) is -0.789. The van der Waals surface area contributed by atoms with Crippen LogP contribution >= 0.6 is 0 Å². The van der Waals surface area contributed by atoms with E-state index in [9.17, 15) is 4.39 Å². The number of nitrogens with zero attached hydrogens (tertiary/aromatic N) is 2. The topological polar surface area (TPSA) is 47.6 Å². The zero-order valence-electron chi connectivity index (χ0n) is 6.87. The van der Waals surface area contributed by atoms with Crippen LogP contribution in [0.5, 0.6) is 0 Å². The molecule has 1 atom stereocenters. The summed E-state index contributed by atoms with van der Waals surface area (Å²) in [6, 6.07) is 9.54. The molecule has 1 aromatic rings. The molecule has 0 saturated heterocycles. The first-order valence-corrected chi connectivity index (χ1v) is 3.80. The summed E-state index contributed by atoms with van der Waals surface area (Å²) in [7, 11) is 0. The summed E-state index contributed by atoms with van der Waals surface area (Å²) >= 11 is 0. The Bertz CT molecular complexity index is 356. The first-order chi connectivity index (χ1) is 6.27. The third-order valence-corrected chi connectivity index (χ3v) is 1.72. The van der Waals surface area contributed by atoms with Gasteiger partial charge in [-0.25, -0.2) is 4.39 Å². The van der Waals surface area contributed by atoms with Crippen LogP contribution in [0.15, 0.2) is 24.3 Å². The van der Waals surface area contributed by atoms with Gasteiger partial charge in [-0.15, -0.1) is 0 Å². The van der Waals surface area contributed by atoms with Crippen LogP contribution in [0.25, 0.3) is 0 Å². The Balaban J connectivity index is 2.89. The average molecular weight is 174 g/mol. The molecule has 0 aliphatic rings. The van der Waals surface area contributed by atoms with Crippen LogP contribution in [0.3, 0.4) is 0 Å². The van der Waals surface area contributed by atoms with Crippen molar-refractivity contribution in [1.82, 2.24) is 0 Å². The smallest absolute Gasteiger partial charge is 0.123 e. The van der Waals surface area contributed by atoms with Gasteiger partial charge in [-0.3, -0.25) is 0 Å². The van der Waals surface area contributed by atoms with Crippen LogP contribution in [-0.4, -0.2) is 0 Å². The van der Waals surface area contributed by atoms with Crippen LogP contribution in [0.2, 0.25) is 0 Å². The van der Waals surface area contributed by atoms with Crippen molar-refractivity contribution in [2.45, 2.75) is 12.3 Å². The molecular formula is C10H7FN2. The maximum atomic E-state index is 12.5. The highest BCUT2D eigenvalue weighted by molar-refractivity contribution is 5.26. The monoisotopic (exact) mass is 174 g/mol. The van der Waals surface area contributed by atoms with Crippen LogP contribution in [-0.2, 0) is 0 Å². The van der Waals surface area contributed by atoms with Gasteiger partial charge in [-0.1, -0.05) is 12.1 Å². The molecule has 0 amide bonds. The Kier molecular flexibility index (Phi) is 3.00. The summed E-state index contributed by atoms with van der Waals surface area (Å²) in [6.45, 7) is 0. The number of halogens is 1. The van der Waals surface area contributed by atoms with E-state index in [1.807, 2.05) is 12.1 Å². The van der Waals surface area contributed by atoms with Gasteiger partial charge in [0.2, 0.25) is 0 Å². The van der Waals surface area contributed by atoms with Crippen molar-refractivity contribution in [2.75, 3.05) is 0 Å². The van der Waals surface area contributed by atoms with E-state index in [1.54, 1.807) is 0 Å². The number of nitriles is 2. The van der Waals surface area contributed by atoms with E-state index in [2.05, 4.69) is 0 Å². The van der Waals surface area contributed by atoms with Gasteiger partial charge >= 0.3 is 0 Å². The maximum Gasteiger partial charge on any atom is 0.123 e. The molecule has 1 unspecified atom stereocenters. The zero-order valence-corrected chi connectivity index (χ0v) is 6.87. The summed E-state index contributed by atoms with van der Waals surface area (Å²) in [5, 5.41) is 17.1. The maximum absolute atomic E-state index is 12.5. The van der Waals surface area contributed by atoms with Crippen molar-refractivity contribution in [2.24, 2.45) is 0 Å². The number of hydrogen-bond donors (Lipinski definition) is 0. The van der Waals surface area contributed by atoms with E-state index in [0.717, 1.165) is 0 Å². The van der Waals surface area contributed by atoms with Gasteiger partial charge in [-0.2, -0.15) is 10.5 Å². The summed E-state index contributed by atoms with van der Waals surface area (Å²) < 4.78 is 12.5. The molecule has 0 bridgehead atoms. The molecule has 0 heterocycles. The predicted octanol–water partition coefficient (Wildman–Crippen LogP) is 2.35. The molecule has 0 aromatic heterocycles. The molecule has 2 nitrogen and oxygen atoms in total. The Morgan fingerprint density at radius 1 is 1.23 bits per heavy atom. The second-order valence-electron chi connectivity index (χ2n) is 2.60. The molecule has 13 heavy (non-hydrogen) atoms. The Labute approximate surface area is 75.8 Å². The average Bonchev–Trinajstić information content (AvgIpc) is 2.16. The minimum absolute atomic E-state index is 0.141. The molecule has 1 rings (SSSR count). The fourth-order valence-corrected chi connectivity index (χ4v) is 1.02. The standard InChI is InChI=1S/C10H7FN2/c11-10-3-1-8(2-4-10)9(7-13)5-6-12/h1-4,9H,5H2. The lowest BCUT2D eigenvalue weighted by atomic mass is 9.98. The first-order valence-electron chi connectivity index (χ1n) is 3.80. The molecule has 0 N–H and O–H groups in total. The van der Waals surface area contributed by atoms with Gasteiger partial charge in [0.15, 0.2) is 0 Å². The highest BCUT2D eigenvalue weighted by Gasteiger charge is 2.09. The largest absolute Gasteiger partial charge is 0.207 e. The van der Waals surface area contributed by atoms with Crippen molar-refractivity contribution >= 4 is 0 Å². The molecule has 0 aliphatic carbocycles. The van der Waals surface area contributed by atoms with E-state index < -0.39 is 5.92 Å².